The number of nitrogens with one attached hydrogen (secondary N) is 2. The third kappa shape index (κ3) is 10.3. The van der Waals surface area contributed by atoms with Crippen molar-refractivity contribution in [1.82, 2.24) is 15.5 Å². The number of ether oxygens (including phenoxy) is 2. The molecule has 1 aromatic carbocycles. The van der Waals surface area contributed by atoms with Crippen molar-refractivity contribution < 1.29 is 14.6 Å². The van der Waals surface area contributed by atoms with E-state index in [9.17, 15) is 5.11 Å². The number of hydrogen-bond acceptors (Lipinski definition) is 5. The smallest absolute Gasteiger partial charge is 0.191 e. The van der Waals surface area contributed by atoms with Gasteiger partial charge in [-0.1, -0.05) is 30.3 Å². The molecule has 0 radical (unpaired) electrons. The van der Waals surface area contributed by atoms with Gasteiger partial charge in [-0.25, -0.2) is 0 Å². The molecule has 2 aliphatic rings. The molecule has 1 saturated heterocycles. The van der Waals surface area contributed by atoms with Crippen LogP contribution in [0.25, 0.3) is 0 Å². The summed E-state index contributed by atoms with van der Waals surface area (Å²) in [6, 6.07) is 10.7. The monoisotopic (exact) mass is 446 g/mol. The Bertz CT molecular complexity index is 646. The minimum absolute atomic E-state index is 0.345. The van der Waals surface area contributed by atoms with Crippen LogP contribution in [0.5, 0.6) is 0 Å². The van der Waals surface area contributed by atoms with Gasteiger partial charge in [-0.2, -0.15) is 0 Å². The largest absolute Gasteiger partial charge is 0.389 e. The summed E-state index contributed by atoms with van der Waals surface area (Å²) in [6.45, 7) is 9.09. The molecule has 3 rings (SSSR count). The maximum Gasteiger partial charge on any atom is 0.191 e. The molecule has 1 unspecified atom stereocenters. The van der Waals surface area contributed by atoms with Crippen molar-refractivity contribution in [2.24, 2.45) is 10.9 Å². The van der Waals surface area contributed by atoms with E-state index in [0.717, 1.165) is 71.2 Å². The lowest BCUT2D eigenvalue weighted by atomic mass is 10.1. The summed E-state index contributed by atoms with van der Waals surface area (Å²) in [5.41, 5.74) is 1.38. The van der Waals surface area contributed by atoms with E-state index in [-0.39, 0.29) is 0 Å². The first kappa shape index (κ1) is 25.0. The van der Waals surface area contributed by atoms with Crippen LogP contribution >= 0.6 is 0 Å². The van der Waals surface area contributed by atoms with Crippen LogP contribution in [0.3, 0.4) is 0 Å². The standard InChI is InChI=1S/C25H42N4O3/c1-2-26-25(28-17-23(30)20-31-19-22-9-10-22)27-13-6-16-32-24-11-14-29(15-12-24)18-21-7-4-3-5-8-21/h3-5,7-8,22-24,30H,2,6,9-20H2,1H3,(H2,26,27,28). The van der Waals surface area contributed by atoms with Crippen LogP contribution in [-0.4, -0.2) is 80.7 Å². The van der Waals surface area contributed by atoms with Crippen molar-refractivity contribution in [3.63, 3.8) is 0 Å². The lowest BCUT2D eigenvalue weighted by Crippen LogP contribution is -2.39. The fourth-order valence-electron chi connectivity index (χ4n) is 3.85. The fourth-order valence-corrected chi connectivity index (χ4v) is 3.85. The predicted octanol–water partition coefficient (Wildman–Crippen LogP) is 2.40. The van der Waals surface area contributed by atoms with Crippen LogP contribution in [-0.2, 0) is 16.0 Å². The molecule has 1 aliphatic heterocycles. The molecule has 1 heterocycles. The molecule has 32 heavy (non-hydrogen) atoms. The van der Waals surface area contributed by atoms with Crippen LogP contribution in [0.15, 0.2) is 35.3 Å². The van der Waals surface area contributed by atoms with Crippen LogP contribution in [0.4, 0.5) is 0 Å². The Labute approximate surface area is 193 Å². The summed E-state index contributed by atoms with van der Waals surface area (Å²) < 4.78 is 11.6. The number of aliphatic hydroxyl groups excluding tert-OH is 1. The average molecular weight is 447 g/mol. The number of nitrogens with zero attached hydrogens (tertiary/aromatic N) is 2. The second-order valence-corrected chi connectivity index (χ2v) is 8.97. The van der Waals surface area contributed by atoms with Crippen LogP contribution in [0.1, 0.15) is 44.6 Å². The van der Waals surface area contributed by atoms with E-state index in [1.165, 1.54) is 18.4 Å². The third-order valence-corrected chi connectivity index (χ3v) is 5.92. The van der Waals surface area contributed by atoms with Crippen molar-refractivity contribution >= 4 is 5.96 Å². The molecule has 0 amide bonds. The summed E-state index contributed by atoms with van der Waals surface area (Å²) >= 11 is 0. The van der Waals surface area contributed by atoms with E-state index in [4.69, 9.17) is 9.47 Å². The lowest BCUT2D eigenvalue weighted by Gasteiger charge is -2.32. The molecule has 1 saturated carbocycles. The summed E-state index contributed by atoms with van der Waals surface area (Å²) in [5.74, 6) is 1.46. The molecule has 1 aliphatic carbocycles. The predicted molar refractivity (Wildman–Crippen MR) is 129 cm³/mol. The van der Waals surface area contributed by atoms with E-state index in [2.05, 4.69) is 50.9 Å². The second-order valence-electron chi connectivity index (χ2n) is 8.97. The Morgan fingerprint density at radius 2 is 1.94 bits per heavy atom. The van der Waals surface area contributed by atoms with Crippen molar-refractivity contribution in [2.75, 3.05) is 52.5 Å². The van der Waals surface area contributed by atoms with Gasteiger partial charge in [0.25, 0.3) is 0 Å². The minimum atomic E-state index is -0.555. The van der Waals surface area contributed by atoms with Gasteiger partial charge in [0, 0.05) is 45.9 Å². The topological polar surface area (TPSA) is 78.4 Å². The number of piperidine rings is 1. The van der Waals surface area contributed by atoms with E-state index < -0.39 is 6.10 Å². The Kier molecular flexibility index (Phi) is 11.3. The molecular formula is C25H42N4O3. The van der Waals surface area contributed by atoms with Gasteiger partial charge >= 0.3 is 0 Å². The van der Waals surface area contributed by atoms with Crippen molar-refractivity contribution in [3.8, 4) is 0 Å². The quantitative estimate of drug-likeness (QED) is 0.231. The highest BCUT2D eigenvalue weighted by Crippen LogP contribution is 2.28. The van der Waals surface area contributed by atoms with Crippen molar-refractivity contribution in [3.05, 3.63) is 35.9 Å². The van der Waals surface area contributed by atoms with Gasteiger partial charge in [0.15, 0.2) is 5.96 Å². The molecule has 3 N–H and O–H groups in total. The first-order chi connectivity index (χ1) is 15.7. The molecule has 1 aromatic rings. The van der Waals surface area contributed by atoms with E-state index >= 15 is 0 Å². The lowest BCUT2D eigenvalue weighted by molar-refractivity contribution is 0.00534. The molecule has 180 valence electrons. The second kappa shape index (κ2) is 14.5. The molecule has 1 atom stereocenters. The van der Waals surface area contributed by atoms with Gasteiger partial charge in [-0.05, 0) is 50.5 Å². The Morgan fingerprint density at radius 1 is 1.16 bits per heavy atom. The molecule has 2 fully saturated rings. The average Bonchev–Trinajstić information content (AvgIpc) is 3.63. The van der Waals surface area contributed by atoms with Gasteiger partial charge in [0.1, 0.15) is 0 Å². The maximum absolute atomic E-state index is 10.0. The van der Waals surface area contributed by atoms with Gasteiger partial charge in [0.05, 0.1) is 25.4 Å². The summed E-state index contributed by atoms with van der Waals surface area (Å²) in [5, 5.41) is 16.6. The minimum Gasteiger partial charge on any atom is -0.389 e. The SMILES string of the molecule is CCNC(=NCC(O)COCC1CC1)NCCCOC1CCN(Cc2ccccc2)CC1. The number of aliphatic hydroxyl groups is 1. The molecule has 7 heteroatoms. The first-order valence-electron chi connectivity index (χ1n) is 12.4. The molecule has 0 spiro atoms. The Hall–Kier alpha value is -1.67. The number of guanidine groups is 1. The van der Waals surface area contributed by atoms with Gasteiger partial charge in [-0.3, -0.25) is 9.89 Å². The van der Waals surface area contributed by atoms with Crippen LogP contribution in [0.2, 0.25) is 0 Å². The fraction of sp³-hybridized carbons (Fsp3) is 0.720. The zero-order valence-electron chi connectivity index (χ0n) is 19.7. The number of rotatable bonds is 14. The normalized spacial score (nSPS) is 19.1. The molecule has 7 nitrogen and oxygen atoms in total. The number of hydrogen-bond donors (Lipinski definition) is 3. The third-order valence-electron chi connectivity index (χ3n) is 5.92. The summed E-state index contributed by atoms with van der Waals surface area (Å²) in [4.78, 5) is 6.99. The number of aliphatic imine (C=N–C) groups is 1. The van der Waals surface area contributed by atoms with Gasteiger partial charge in [0.2, 0.25) is 0 Å². The zero-order chi connectivity index (χ0) is 22.4. The summed E-state index contributed by atoms with van der Waals surface area (Å²) in [6.07, 6.45) is 5.48. The van der Waals surface area contributed by atoms with E-state index in [1.54, 1.807) is 0 Å². The van der Waals surface area contributed by atoms with Crippen molar-refractivity contribution in [2.45, 2.75) is 57.8 Å². The van der Waals surface area contributed by atoms with Gasteiger partial charge < -0.3 is 25.2 Å². The highest BCUT2D eigenvalue weighted by Gasteiger charge is 2.21. The molecular weight excluding hydrogens is 404 g/mol. The zero-order valence-corrected chi connectivity index (χ0v) is 19.7. The highest BCUT2D eigenvalue weighted by molar-refractivity contribution is 5.79. The molecule has 0 bridgehead atoms. The van der Waals surface area contributed by atoms with E-state index in [0.29, 0.717) is 25.2 Å². The van der Waals surface area contributed by atoms with Crippen LogP contribution < -0.4 is 10.6 Å². The Balaban J connectivity index is 1.22. The first-order valence-corrected chi connectivity index (χ1v) is 12.4. The van der Waals surface area contributed by atoms with Crippen LogP contribution in [0, 0.1) is 5.92 Å². The Morgan fingerprint density at radius 3 is 2.66 bits per heavy atom. The van der Waals surface area contributed by atoms with E-state index in [1.807, 2.05) is 6.92 Å². The van der Waals surface area contributed by atoms with Gasteiger partial charge in [-0.15, -0.1) is 0 Å². The maximum atomic E-state index is 10.0. The number of benzene rings is 1. The summed E-state index contributed by atoms with van der Waals surface area (Å²) in [7, 11) is 0. The highest BCUT2D eigenvalue weighted by atomic mass is 16.5. The van der Waals surface area contributed by atoms with Crippen molar-refractivity contribution in [1.29, 1.82) is 0 Å². The number of likely N-dealkylation sites (tertiary alicyclic amines) is 1. The molecule has 0 aromatic heterocycles.